The second kappa shape index (κ2) is 5.51. The molecule has 0 bridgehead atoms. The minimum absolute atomic E-state index is 0.115. The number of aromatic nitrogens is 2. The zero-order chi connectivity index (χ0) is 13.1. The SMILES string of the molecule is CC(=O)OC[C@H]1O[C@H](n2ccc(N)nc2=O)C[Se]1. The summed E-state index contributed by atoms with van der Waals surface area (Å²) in [4.78, 5) is 26.0. The molecule has 1 fully saturated rings. The van der Waals surface area contributed by atoms with E-state index in [-0.39, 0.29) is 44.6 Å². The van der Waals surface area contributed by atoms with Gasteiger partial charge >= 0.3 is 109 Å². The van der Waals surface area contributed by atoms with Gasteiger partial charge in [0.25, 0.3) is 0 Å². The Morgan fingerprint density at radius 1 is 1.78 bits per heavy atom. The van der Waals surface area contributed by atoms with Crippen LogP contribution in [0.25, 0.3) is 0 Å². The van der Waals surface area contributed by atoms with E-state index in [9.17, 15) is 9.59 Å². The van der Waals surface area contributed by atoms with Gasteiger partial charge in [-0.25, -0.2) is 0 Å². The standard InChI is InChI=1S/C10H13N3O4Se/c1-6(14)16-4-9-17-8(5-18-9)13-3-2-7(11)12-10(13)15/h2-3,8-9H,4-5H2,1H3,(H2,11,12,15)/t8-,9-/m0/s1. The van der Waals surface area contributed by atoms with Gasteiger partial charge in [0.1, 0.15) is 0 Å². The first-order chi connectivity index (χ1) is 8.56. The average molecular weight is 318 g/mol. The molecule has 2 atom stereocenters. The van der Waals surface area contributed by atoms with Gasteiger partial charge in [-0.3, -0.25) is 0 Å². The van der Waals surface area contributed by atoms with Gasteiger partial charge < -0.3 is 0 Å². The zero-order valence-corrected chi connectivity index (χ0v) is 11.4. The van der Waals surface area contributed by atoms with Crippen LogP contribution in [0.3, 0.4) is 0 Å². The van der Waals surface area contributed by atoms with Crippen molar-refractivity contribution >= 4 is 26.7 Å². The molecule has 18 heavy (non-hydrogen) atoms. The molecule has 7 nitrogen and oxygen atoms in total. The van der Waals surface area contributed by atoms with Gasteiger partial charge in [-0.2, -0.15) is 0 Å². The van der Waals surface area contributed by atoms with Gasteiger partial charge in [-0.15, -0.1) is 0 Å². The maximum atomic E-state index is 11.6. The summed E-state index contributed by atoms with van der Waals surface area (Å²) in [6.07, 6.45) is 1.23. The molecule has 0 aliphatic carbocycles. The Morgan fingerprint density at radius 2 is 2.56 bits per heavy atom. The van der Waals surface area contributed by atoms with Gasteiger partial charge in [0.15, 0.2) is 0 Å². The average Bonchev–Trinajstić information content (AvgIpc) is 2.75. The van der Waals surface area contributed by atoms with Crippen molar-refractivity contribution in [1.29, 1.82) is 0 Å². The zero-order valence-electron chi connectivity index (χ0n) is 9.74. The molecular formula is C10H13N3O4Se. The van der Waals surface area contributed by atoms with Gasteiger partial charge in [0, 0.05) is 0 Å². The predicted octanol–water partition coefficient (Wildman–Crippen LogP) is -0.634. The number of nitrogens with two attached hydrogens (primary N) is 1. The van der Waals surface area contributed by atoms with Crippen LogP contribution >= 0.6 is 0 Å². The van der Waals surface area contributed by atoms with E-state index in [2.05, 4.69) is 4.98 Å². The first-order valence-corrected chi connectivity index (χ1v) is 7.51. The molecule has 98 valence electrons. The monoisotopic (exact) mass is 319 g/mol. The summed E-state index contributed by atoms with van der Waals surface area (Å²) >= 11 is 0.168. The van der Waals surface area contributed by atoms with Crippen molar-refractivity contribution in [2.45, 2.75) is 23.5 Å². The molecule has 1 aliphatic heterocycles. The van der Waals surface area contributed by atoms with Crippen molar-refractivity contribution in [2.24, 2.45) is 0 Å². The van der Waals surface area contributed by atoms with E-state index in [0.717, 1.165) is 5.32 Å². The van der Waals surface area contributed by atoms with Crippen LogP contribution in [0.1, 0.15) is 13.2 Å². The topological polar surface area (TPSA) is 96.4 Å². The second-order valence-corrected chi connectivity index (χ2v) is 6.20. The van der Waals surface area contributed by atoms with Crippen LogP contribution in [0.5, 0.6) is 0 Å². The minimum atomic E-state index is -0.427. The van der Waals surface area contributed by atoms with E-state index in [0.29, 0.717) is 0 Å². The number of esters is 1. The Hall–Kier alpha value is -1.37. The maximum absolute atomic E-state index is 11.6. The normalized spacial score (nSPS) is 22.9. The Balaban J connectivity index is 2.00. The third kappa shape index (κ3) is 3.10. The molecule has 0 radical (unpaired) electrons. The molecule has 1 saturated heterocycles. The van der Waals surface area contributed by atoms with Gasteiger partial charge in [-0.1, -0.05) is 0 Å². The van der Waals surface area contributed by atoms with Crippen molar-refractivity contribution < 1.29 is 14.3 Å². The van der Waals surface area contributed by atoms with E-state index in [4.69, 9.17) is 15.2 Å². The Kier molecular flexibility index (Phi) is 4.00. The van der Waals surface area contributed by atoms with E-state index in [1.54, 1.807) is 12.3 Å². The van der Waals surface area contributed by atoms with Crippen molar-refractivity contribution in [2.75, 3.05) is 12.3 Å². The molecule has 2 heterocycles. The number of anilines is 1. The van der Waals surface area contributed by atoms with E-state index in [1.165, 1.54) is 11.5 Å². The first-order valence-electron chi connectivity index (χ1n) is 5.31. The molecule has 0 unspecified atom stereocenters. The summed E-state index contributed by atoms with van der Waals surface area (Å²) in [7, 11) is 0. The summed E-state index contributed by atoms with van der Waals surface area (Å²) in [6.45, 7) is 1.59. The molecule has 2 rings (SSSR count). The summed E-state index contributed by atoms with van der Waals surface area (Å²) in [5, 5.41) is 0.626. The molecule has 8 heteroatoms. The van der Waals surface area contributed by atoms with E-state index in [1.807, 2.05) is 0 Å². The number of rotatable bonds is 3. The summed E-state index contributed by atoms with van der Waals surface area (Å²) in [6, 6.07) is 1.55. The fourth-order valence-electron chi connectivity index (χ4n) is 1.51. The number of carbonyl (C=O) groups is 1. The molecule has 0 saturated carbocycles. The van der Waals surface area contributed by atoms with Crippen molar-refractivity contribution in [1.82, 2.24) is 9.55 Å². The van der Waals surface area contributed by atoms with Crippen LogP contribution in [-0.4, -0.2) is 42.1 Å². The van der Waals surface area contributed by atoms with Crippen LogP contribution in [0.15, 0.2) is 17.1 Å². The van der Waals surface area contributed by atoms with Crippen LogP contribution in [0.4, 0.5) is 5.82 Å². The van der Waals surface area contributed by atoms with Gasteiger partial charge in [-0.05, 0) is 0 Å². The molecule has 0 spiro atoms. The summed E-state index contributed by atoms with van der Waals surface area (Å²) in [5.41, 5.74) is 4.99. The summed E-state index contributed by atoms with van der Waals surface area (Å²) < 4.78 is 11.9. The quantitative estimate of drug-likeness (QED) is 0.588. The number of hydrogen-bond acceptors (Lipinski definition) is 6. The fraction of sp³-hybridized carbons (Fsp3) is 0.500. The third-order valence-corrected chi connectivity index (χ3v) is 4.62. The van der Waals surface area contributed by atoms with Crippen molar-refractivity contribution in [3.8, 4) is 0 Å². The number of carbonyl (C=O) groups excluding carboxylic acids is 1. The Morgan fingerprint density at radius 3 is 3.22 bits per heavy atom. The van der Waals surface area contributed by atoms with Crippen LogP contribution in [0.2, 0.25) is 5.32 Å². The van der Waals surface area contributed by atoms with Gasteiger partial charge in [0.2, 0.25) is 0 Å². The molecule has 2 N–H and O–H groups in total. The van der Waals surface area contributed by atoms with Gasteiger partial charge in [0.05, 0.1) is 0 Å². The number of ether oxygens (including phenoxy) is 2. The molecule has 1 aliphatic rings. The molecule has 0 aromatic carbocycles. The third-order valence-electron chi connectivity index (χ3n) is 2.32. The summed E-state index contributed by atoms with van der Waals surface area (Å²) in [5.74, 6) is -0.139. The Labute approximate surface area is 109 Å². The molecule has 0 amide bonds. The number of nitrogens with zero attached hydrogens (tertiary/aromatic N) is 2. The van der Waals surface area contributed by atoms with Crippen LogP contribution in [0, 0.1) is 0 Å². The number of nitrogen functional groups attached to an aromatic ring is 1. The van der Waals surface area contributed by atoms with E-state index >= 15 is 0 Å². The van der Waals surface area contributed by atoms with Crippen LogP contribution in [-0.2, 0) is 14.3 Å². The number of hydrogen-bond donors (Lipinski definition) is 1. The second-order valence-electron chi connectivity index (χ2n) is 3.70. The Bertz CT molecular complexity index is 504. The van der Waals surface area contributed by atoms with Crippen molar-refractivity contribution in [3.63, 3.8) is 0 Å². The molecular weight excluding hydrogens is 305 g/mol. The predicted molar refractivity (Wildman–Crippen MR) is 64.0 cm³/mol. The molecule has 1 aromatic rings. The van der Waals surface area contributed by atoms with E-state index < -0.39 is 5.69 Å². The van der Waals surface area contributed by atoms with Crippen molar-refractivity contribution in [3.05, 3.63) is 22.7 Å². The molecule has 1 aromatic heterocycles. The van der Waals surface area contributed by atoms with Crippen LogP contribution < -0.4 is 11.4 Å². The first kappa shape index (κ1) is 13.1. The fourth-order valence-corrected chi connectivity index (χ4v) is 3.58.